The van der Waals surface area contributed by atoms with Gasteiger partial charge in [0.25, 0.3) is 0 Å². The number of carbonyl (C=O) groups is 1. The first-order chi connectivity index (χ1) is 19.1. The van der Waals surface area contributed by atoms with Gasteiger partial charge in [0.15, 0.2) is 0 Å². The second-order valence-corrected chi connectivity index (χ2v) is 11.0. The van der Waals surface area contributed by atoms with Gasteiger partial charge < -0.3 is 20.6 Å². The molecule has 0 saturated heterocycles. The van der Waals surface area contributed by atoms with Crippen LogP contribution in [0.4, 0.5) is 0 Å². The van der Waals surface area contributed by atoms with Crippen LogP contribution in [-0.2, 0) is 4.79 Å². The SMILES string of the molecule is CCCCCCCC/C=C\C/C=C\CC(O)C(=O)NC(CO)C(O)/C=C/CCCCCCCCCCCCC. The number of carbonyl (C=O) groups excluding carboxylic acids is 1. The summed E-state index contributed by atoms with van der Waals surface area (Å²) in [5.41, 5.74) is 0. The maximum absolute atomic E-state index is 12.3. The summed E-state index contributed by atoms with van der Waals surface area (Å²) < 4.78 is 0. The van der Waals surface area contributed by atoms with E-state index in [1.165, 1.54) is 103 Å². The number of nitrogens with one attached hydrogen (secondary N) is 1. The van der Waals surface area contributed by atoms with Gasteiger partial charge in [0.05, 0.1) is 18.8 Å². The number of allylic oxidation sites excluding steroid dienone is 4. The smallest absolute Gasteiger partial charge is 0.249 e. The Bertz CT molecular complexity index is 616. The van der Waals surface area contributed by atoms with E-state index in [1.807, 2.05) is 12.2 Å². The van der Waals surface area contributed by atoms with Crippen molar-refractivity contribution in [2.75, 3.05) is 6.61 Å². The van der Waals surface area contributed by atoms with E-state index in [1.54, 1.807) is 12.2 Å². The van der Waals surface area contributed by atoms with Crippen LogP contribution < -0.4 is 5.32 Å². The number of hydrogen-bond acceptors (Lipinski definition) is 4. The van der Waals surface area contributed by atoms with Gasteiger partial charge in [-0.3, -0.25) is 4.79 Å². The van der Waals surface area contributed by atoms with E-state index < -0.39 is 24.2 Å². The van der Waals surface area contributed by atoms with Crippen LogP contribution in [-0.4, -0.2) is 46.1 Å². The second kappa shape index (κ2) is 29.6. The molecule has 0 aliphatic heterocycles. The van der Waals surface area contributed by atoms with Crippen molar-refractivity contribution in [1.29, 1.82) is 0 Å². The molecule has 0 aromatic heterocycles. The number of hydrogen-bond donors (Lipinski definition) is 4. The largest absolute Gasteiger partial charge is 0.394 e. The van der Waals surface area contributed by atoms with E-state index in [0.29, 0.717) is 0 Å². The molecule has 0 spiro atoms. The van der Waals surface area contributed by atoms with E-state index in [4.69, 9.17) is 0 Å². The first-order valence-corrected chi connectivity index (χ1v) is 16.3. The lowest BCUT2D eigenvalue weighted by molar-refractivity contribution is -0.131. The molecule has 5 heteroatoms. The van der Waals surface area contributed by atoms with Gasteiger partial charge in [-0.25, -0.2) is 0 Å². The Morgan fingerprint density at radius 1 is 0.641 bits per heavy atom. The van der Waals surface area contributed by atoms with Crippen molar-refractivity contribution in [2.45, 2.75) is 167 Å². The van der Waals surface area contributed by atoms with E-state index in [0.717, 1.165) is 25.7 Å². The van der Waals surface area contributed by atoms with Gasteiger partial charge in [-0.1, -0.05) is 147 Å². The fraction of sp³-hybridized carbons (Fsp3) is 0.794. The Kier molecular flexibility index (Phi) is 28.5. The van der Waals surface area contributed by atoms with Crippen LogP contribution >= 0.6 is 0 Å². The van der Waals surface area contributed by atoms with Crippen molar-refractivity contribution in [3.63, 3.8) is 0 Å². The second-order valence-electron chi connectivity index (χ2n) is 11.0. The van der Waals surface area contributed by atoms with E-state index >= 15 is 0 Å². The van der Waals surface area contributed by atoms with Crippen molar-refractivity contribution in [2.24, 2.45) is 0 Å². The Balaban J connectivity index is 3.92. The quantitative estimate of drug-likeness (QED) is 0.0586. The molecule has 0 bridgehead atoms. The average Bonchev–Trinajstić information content (AvgIpc) is 2.94. The Morgan fingerprint density at radius 2 is 1.10 bits per heavy atom. The Morgan fingerprint density at radius 3 is 1.62 bits per heavy atom. The summed E-state index contributed by atoms with van der Waals surface area (Å²) in [5, 5.41) is 32.7. The van der Waals surface area contributed by atoms with Crippen molar-refractivity contribution < 1.29 is 20.1 Å². The maximum Gasteiger partial charge on any atom is 0.249 e. The zero-order valence-corrected chi connectivity index (χ0v) is 25.5. The van der Waals surface area contributed by atoms with Crippen LogP contribution in [0.1, 0.15) is 149 Å². The van der Waals surface area contributed by atoms with Crippen LogP contribution in [0.15, 0.2) is 36.5 Å². The highest BCUT2D eigenvalue weighted by Gasteiger charge is 2.22. The predicted octanol–water partition coefficient (Wildman–Crippen LogP) is 8.09. The molecule has 0 aromatic rings. The number of aliphatic hydroxyl groups excluding tert-OH is 3. The van der Waals surface area contributed by atoms with Crippen LogP contribution in [0.2, 0.25) is 0 Å². The lowest BCUT2D eigenvalue weighted by Gasteiger charge is -2.21. The summed E-state index contributed by atoms with van der Waals surface area (Å²) >= 11 is 0. The topological polar surface area (TPSA) is 89.8 Å². The van der Waals surface area contributed by atoms with Crippen LogP contribution in [0, 0.1) is 0 Å². The molecule has 5 nitrogen and oxygen atoms in total. The zero-order valence-electron chi connectivity index (χ0n) is 25.5. The first-order valence-electron chi connectivity index (χ1n) is 16.3. The van der Waals surface area contributed by atoms with Crippen LogP contribution in [0.5, 0.6) is 0 Å². The highest BCUT2D eigenvalue weighted by Crippen LogP contribution is 2.12. The molecule has 0 aliphatic carbocycles. The molecule has 0 fully saturated rings. The van der Waals surface area contributed by atoms with Crippen LogP contribution in [0.25, 0.3) is 0 Å². The molecule has 228 valence electrons. The van der Waals surface area contributed by atoms with Gasteiger partial charge in [-0.15, -0.1) is 0 Å². The standard InChI is InChI=1S/C34H63NO4/c1-3-5-7-9-11-13-15-17-19-20-22-24-26-28-32(37)31(30-36)35-34(39)33(38)29-27-25-23-21-18-16-14-12-10-8-6-4-2/h18,21,25-28,31-33,36-38H,3-17,19-20,22-24,29-30H2,1-2H3,(H,35,39)/b21-18-,27-25-,28-26+. The average molecular weight is 550 g/mol. The minimum atomic E-state index is -1.20. The lowest BCUT2D eigenvalue weighted by Crippen LogP contribution is -2.48. The number of rotatable bonds is 28. The molecule has 0 rings (SSSR count). The highest BCUT2D eigenvalue weighted by atomic mass is 16.3. The van der Waals surface area contributed by atoms with Crippen molar-refractivity contribution >= 4 is 5.91 Å². The highest BCUT2D eigenvalue weighted by molar-refractivity contribution is 5.81. The third kappa shape index (κ3) is 25.3. The van der Waals surface area contributed by atoms with Gasteiger partial charge in [-0.2, -0.15) is 0 Å². The number of unbranched alkanes of at least 4 members (excludes halogenated alkanes) is 17. The Hall–Kier alpha value is -1.43. The fourth-order valence-corrected chi connectivity index (χ4v) is 4.58. The molecule has 0 heterocycles. The summed E-state index contributed by atoms with van der Waals surface area (Å²) in [4.78, 5) is 12.3. The molecule has 0 radical (unpaired) electrons. The van der Waals surface area contributed by atoms with Crippen molar-refractivity contribution in [3.05, 3.63) is 36.5 Å². The molecular weight excluding hydrogens is 486 g/mol. The molecule has 4 N–H and O–H groups in total. The fourth-order valence-electron chi connectivity index (χ4n) is 4.58. The van der Waals surface area contributed by atoms with Gasteiger partial charge >= 0.3 is 0 Å². The van der Waals surface area contributed by atoms with E-state index in [9.17, 15) is 20.1 Å². The summed E-state index contributed by atoms with van der Waals surface area (Å²) in [6.07, 6.45) is 34.5. The molecule has 3 atom stereocenters. The predicted molar refractivity (Wildman–Crippen MR) is 167 cm³/mol. The first kappa shape index (κ1) is 37.6. The van der Waals surface area contributed by atoms with Crippen LogP contribution in [0.3, 0.4) is 0 Å². The van der Waals surface area contributed by atoms with E-state index in [-0.39, 0.29) is 13.0 Å². The minimum Gasteiger partial charge on any atom is -0.394 e. The zero-order chi connectivity index (χ0) is 28.8. The molecule has 0 saturated carbocycles. The third-order valence-corrected chi connectivity index (χ3v) is 7.24. The van der Waals surface area contributed by atoms with Gasteiger partial charge in [-0.05, 0) is 32.1 Å². The molecule has 1 amide bonds. The summed E-state index contributed by atoms with van der Waals surface area (Å²) in [5.74, 6) is -0.574. The van der Waals surface area contributed by atoms with Gasteiger partial charge in [0, 0.05) is 6.42 Å². The normalized spacial score (nSPS) is 14.5. The van der Waals surface area contributed by atoms with Gasteiger partial charge in [0.1, 0.15) is 6.10 Å². The number of aliphatic hydroxyl groups is 3. The van der Waals surface area contributed by atoms with Gasteiger partial charge in [0.2, 0.25) is 5.91 Å². The third-order valence-electron chi connectivity index (χ3n) is 7.24. The van der Waals surface area contributed by atoms with E-state index in [2.05, 4.69) is 31.3 Å². The molecule has 3 unspecified atom stereocenters. The van der Waals surface area contributed by atoms with Crippen molar-refractivity contribution in [3.8, 4) is 0 Å². The lowest BCUT2D eigenvalue weighted by atomic mass is 10.0. The molecule has 39 heavy (non-hydrogen) atoms. The monoisotopic (exact) mass is 549 g/mol. The van der Waals surface area contributed by atoms with Crippen molar-refractivity contribution in [1.82, 2.24) is 5.32 Å². The molecule has 0 aliphatic rings. The summed E-state index contributed by atoms with van der Waals surface area (Å²) in [7, 11) is 0. The minimum absolute atomic E-state index is 0.208. The maximum atomic E-state index is 12.3. The summed E-state index contributed by atoms with van der Waals surface area (Å²) in [6.45, 7) is 4.10. The molecule has 0 aromatic carbocycles. The Labute approximate surface area is 241 Å². The summed E-state index contributed by atoms with van der Waals surface area (Å²) in [6, 6.07) is -0.824. The molecular formula is C34H63NO4. The number of amides is 1.